The molecular weight excluding hydrogens is 198 g/mol. The van der Waals surface area contributed by atoms with Gasteiger partial charge in [0.05, 0.1) is 11.6 Å². The molecule has 0 saturated carbocycles. The Balaban J connectivity index is 2.28. The molecule has 0 aliphatic carbocycles. The van der Waals surface area contributed by atoms with Gasteiger partial charge in [0.2, 0.25) is 0 Å². The molecule has 1 heterocycles. The Labute approximate surface area is 94.9 Å². The fourth-order valence-corrected chi connectivity index (χ4v) is 1.91. The summed E-state index contributed by atoms with van der Waals surface area (Å²) in [6.07, 6.45) is 5.19. The van der Waals surface area contributed by atoms with Crippen molar-refractivity contribution in [2.75, 3.05) is 6.54 Å². The normalized spacial score (nSPS) is 10.5. The van der Waals surface area contributed by atoms with Gasteiger partial charge < -0.3 is 10.7 Å². The molecule has 2 rings (SSSR count). The van der Waals surface area contributed by atoms with Crippen LogP contribution in [0.15, 0.2) is 24.4 Å². The van der Waals surface area contributed by atoms with E-state index in [0.29, 0.717) is 5.56 Å². The fraction of sp³-hybridized carbons (Fsp3) is 0.308. The van der Waals surface area contributed by atoms with Gasteiger partial charge in [-0.1, -0.05) is 0 Å². The van der Waals surface area contributed by atoms with Crippen molar-refractivity contribution in [3.63, 3.8) is 0 Å². The molecule has 0 saturated heterocycles. The molecular formula is C13H15N3. The van der Waals surface area contributed by atoms with E-state index in [-0.39, 0.29) is 0 Å². The van der Waals surface area contributed by atoms with Crippen LogP contribution in [-0.2, 0) is 6.42 Å². The average Bonchev–Trinajstić information content (AvgIpc) is 2.72. The number of nitriles is 1. The molecule has 0 unspecified atom stereocenters. The van der Waals surface area contributed by atoms with E-state index in [9.17, 15) is 0 Å². The van der Waals surface area contributed by atoms with E-state index in [1.54, 1.807) is 0 Å². The molecule has 0 aliphatic rings. The highest BCUT2D eigenvalue weighted by molar-refractivity contribution is 5.84. The first-order valence-corrected chi connectivity index (χ1v) is 5.55. The van der Waals surface area contributed by atoms with Gasteiger partial charge in [-0.05, 0) is 49.6 Å². The van der Waals surface area contributed by atoms with Crippen LogP contribution < -0.4 is 5.73 Å². The predicted molar refractivity (Wildman–Crippen MR) is 65.0 cm³/mol. The maximum Gasteiger partial charge on any atom is 0.0991 e. The molecule has 16 heavy (non-hydrogen) atoms. The van der Waals surface area contributed by atoms with Crippen LogP contribution in [0.2, 0.25) is 0 Å². The number of nitrogens with two attached hydrogens (primary N) is 1. The van der Waals surface area contributed by atoms with Crippen molar-refractivity contribution in [1.29, 1.82) is 5.26 Å². The number of aromatic amines is 1. The van der Waals surface area contributed by atoms with E-state index >= 15 is 0 Å². The number of H-pyrrole nitrogens is 1. The number of hydrogen-bond acceptors (Lipinski definition) is 2. The van der Waals surface area contributed by atoms with Crippen LogP contribution in [0.3, 0.4) is 0 Å². The molecule has 0 fully saturated rings. The van der Waals surface area contributed by atoms with Gasteiger partial charge >= 0.3 is 0 Å². The second-order valence-electron chi connectivity index (χ2n) is 3.93. The van der Waals surface area contributed by atoms with Crippen LogP contribution in [0.4, 0.5) is 0 Å². The average molecular weight is 213 g/mol. The number of nitrogens with one attached hydrogen (secondary N) is 1. The van der Waals surface area contributed by atoms with Crippen LogP contribution in [0, 0.1) is 11.3 Å². The zero-order valence-corrected chi connectivity index (χ0v) is 9.16. The fourth-order valence-electron chi connectivity index (χ4n) is 1.91. The number of nitrogens with zero attached hydrogens (tertiary/aromatic N) is 1. The molecule has 0 radical (unpaired) electrons. The molecule has 3 N–H and O–H groups in total. The summed E-state index contributed by atoms with van der Waals surface area (Å²) in [5.74, 6) is 0. The molecule has 1 aromatic carbocycles. The Morgan fingerprint density at radius 2 is 2.19 bits per heavy atom. The van der Waals surface area contributed by atoms with Crippen molar-refractivity contribution in [2.45, 2.75) is 19.3 Å². The van der Waals surface area contributed by atoms with E-state index in [0.717, 1.165) is 36.7 Å². The van der Waals surface area contributed by atoms with Crippen molar-refractivity contribution < 1.29 is 0 Å². The lowest BCUT2D eigenvalue weighted by molar-refractivity contribution is 0.747. The lowest BCUT2D eigenvalue weighted by Gasteiger charge is -1.98. The lowest BCUT2D eigenvalue weighted by atomic mass is 10.1. The summed E-state index contributed by atoms with van der Waals surface area (Å²) in [6, 6.07) is 7.91. The standard InChI is InChI=1S/C13H15N3/c14-6-2-1-3-11-9-16-13-5-4-10(8-15)7-12(11)13/h4-5,7,9,16H,1-3,6,14H2. The Hall–Kier alpha value is -1.79. The molecule has 1 aromatic heterocycles. The van der Waals surface area contributed by atoms with Gasteiger partial charge in [-0.2, -0.15) is 5.26 Å². The van der Waals surface area contributed by atoms with Crippen LogP contribution in [0.25, 0.3) is 10.9 Å². The maximum absolute atomic E-state index is 8.86. The van der Waals surface area contributed by atoms with Gasteiger partial charge in [-0.25, -0.2) is 0 Å². The number of hydrogen-bond donors (Lipinski definition) is 2. The summed E-state index contributed by atoms with van der Waals surface area (Å²) in [6.45, 7) is 0.742. The van der Waals surface area contributed by atoms with Crippen LogP contribution >= 0.6 is 0 Å². The Morgan fingerprint density at radius 3 is 2.94 bits per heavy atom. The third kappa shape index (κ3) is 2.07. The quantitative estimate of drug-likeness (QED) is 0.765. The van der Waals surface area contributed by atoms with E-state index in [1.165, 1.54) is 5.56 Å². The number of aromatic nitrogens is 1. The lowest BCUT2D eigenvalue weighted by Crippen LogP contribution is -1.98. The van der Waals surface area contributed by atoms with Crippen molar-refractivity contribution in [3.05, 3.63) is 35.5 Å². The smallest absolute Gasteiger partial charge is 0.0991 e. The predicted octanol–water partition coefficient (Wildman–Crippen LogP) is 2.32. The zero-order chi connectivity index (χ0) is 11.4. The van der Waals surface area contributed by atoms with Crippen LogP contribution in [-0.4, -0.2) is 11.5 Å². The number of benzene rings is 1. The molecule has 3 nitrogen and oxygen atoms in total. The topological polar surface area (TPSA) is 65.6 Å². The van der Waals surface area contributed by atoms with Gasteiger partial charge in [0.1, 0.15) is 0 Å². The second-order valence-corrected chi connectivity index (χ2v) is 3.93. The van der Waals surface area contributed by atoms with Crippen molar-refractivity contribution >= 4 is 10.9 Å². The second kappa shape index (κ2) is 4.82. The summed E-state index contributed by atoms with van der Waals surface area (Å²) >= 11 is 0. The zero-order valence-electron chi connectivity index (χ0n) is 9.16. The van der Waals surface area contributed by atoms with Gasteiger partial charge in [0, 0.05) is 17.1 Å². The van der Waals surface area contributed by atoms with Gasteiger partial charge in [-0.3, -0.25) is 0 Å². The van der Waals surface area contributed by atoms with Crippen LogP contribution in [0.1, 0.15) is 24.0 Å². The van der Waals surface area contributed by atoms with Gasteiger partial charge in [0.15, 0.2) is 0 Å². The highest BCUT2D eigenvalue weighted by atomic mass is 14.7. The summed E-state index contributed by atoms with van der Waals surface area (Å²) in [5.41, 5.74) is 8.57. The Bertz CT molecular complexity index is 519. The van der Waals surface area contributed by atoms with E-state index in [1.807, 2.05) is 24.4 Å². The van der Waals surface area contributed by atoms with Gasteiger partial charge in [-0.15, -0.1) is 0 Å². The number of unbranched alkanes of at least 4 members (excludes halogenated alkanes) is 1. The van der Waals surface area contributed by atoms with Crippen molar-refractivity contribution in [1.82, 2.24) is 4.98 Å². The third-order valence-corrected chi connectivity index (χ3v) is 2.80. The largest absolute Gasteiger partial charge is 0.361 e. The molecule has 0 bridgehead atoms. The maximum atomic E-state index is 8.86. The minimum absolute atomic E-state index is 0.715. The highest BCUT2D eigenvalue weighted by Crippen LogP contribution is 2.21. The van der Waals surface area contributed by atoms with E-state index in [2.05, 4.69) is 11.1 Å². The SMILES string of the molecule is N#Cc1ccc2[nH]cc(CCCCN)c2c1. The Morgan fingerprint density at radius 1 is 1.31 bits per heavy atom. The Kier molecular flexibility index (Phi) is 3.23. The minimum Gasteiger partial charge on any atom is -0.361 e. The summed E-state index contributed by atoms with van der Waals surface area (Å²) in [4.78, 5) is 3.23. The molecule has 0 spiro atoms. The molecule has 0 atom stereocenters. The highest BCUT2D eigenvalue weighted by Gasteiger charge is 2.04. The minimum atomic E-state index is 0.715. The molecule has 0 aliphatic heterocycles. The van der Waals surface area contributed by atoms with E-state index in [4.69, 9.17) is 11.0 Å². The van der Waals surface area contributed by atoms with Crippen molar-refractivity contribution in [3.8, 4) is 6.07 Å². The first-order valence-electron chi connectivity index (χ1n) is 5.55. The number of aryl methyl sites for hydroxylation is 1. The number of rotatable bonds is 4. The first kappa shape index (κ1) is 10.7. The third-order valence-electron chi connectivity index (χ3n) is 2.80. The first-order chi connectivity index (χ1) is 7.85. The molecule has 0 amide bonds. The monoisotopic (exact) mass is 213 g/mol. The molecule has 2 aromatic rings. The van der Waals surface area contributed by atoms with E-state index < -0.39 is 0 Å². The summed E-state index contributed by atoms with van der Waals surface area (Å²) in [7, 11) is 0. The van der Waals surface area contributed by atoms with Crippen LogP contribution in [0.5, 0.6) is 0 Å². The van der Waals surface area contributed by atoms with Gasteiger partial charge in [0.25, 0.3) is 0 Å². The summed E-state index contributed by atoms with van der Waals surface area (Å²) in [5, 5.41) is 10.0. The summed E-state index contributed by atoms with van der Waals surface area (Å²) < 4.78 is 0. The number of fused-ring (bicyclic) bond motifs is 1. The molecule has 3 heteroatoms. The molecule has 82 valence electrons. The van der Waals surface area contributed by atoms with Crippen molar-refractivity contribution in [2.24, 2.45) is 5.73 Å².